The number of ether oxygens (including phenoxy) is 1. The second-order valence-corrected chi connectivity index (χ2v) is 11.5. The zero-order valence-corrected chi connectivity index (χ0v) is 23.9. The fourth-order valence-corrected chi connectivity index (χ4v) is 5.75. The molecule has 1 amide bonds. The van der Waals surface area contributed by atoms with Crippen LogP contribution in [0.1, 0.15) is 46.1 Å². The Morgan fingerprint density at radius 3 is 2.26 bits per heavy atom. The molecule has 2 heterocycles. The number of hydrogen-bond acceptors (Lipinski definition) is 9. The molecule has 0 radical (unpaired) electrons. The number of nitrogens with one attached hydrogen (secondary N) is 1. The fraction of sp³-hybridized carbons (Fsp3) is 0.538. The molecular weight excluding hydrogens is 524 g/mol. The first-order chi connectivity index (χ1) is 18.4. The van der Waals surface area contributed by atoms with Crippen LogP contribution >= 0.6 is 0 Å². The second kappa shape index (κ2) is 13.0. The van der Waals surface area contributed by atoms with Gasteiger partial charge in [0, 0.05) is 38.6 Å². The number of carboxylic acid groups (broad SMARTS) is 1. The van der Waals surface area contributed by atoms with Crippen molar-refractivity contribution < 1.29 is 27.9 Å². The first-order valence-corrected chi connectivity index (χ1v) is 15.0. The average molecular weight is 563 g/mol. The maximum absolute atomic E-state index is 12.6. The van der Waals surface area contributed by atoms with Crippen molar-refractivity contribution in [1.82, 2.24) is 14.9 Å². The highest BCUT2D eigenvalue weighted by atomic mass is 32.2. The van der Waals surface area contributed by atoms with Crippen LogP contribution in [0.25, 0.3) is 0 Å². The first kappa shape index (κ1) is 29.9. The Hall–Kier alpha value is -3.61. The third-order valence-corrected chi connectivity index (χ3v) is 7.74. The maximum atomic E-state index is 12.6. The quantitative estimate of drug-likeness (QED) is 0.395. The highest BCUT2D eigenvalue weighted by molar-refractivity contribution is 7.92. The zero-order valence-electron chi connectivity index (χ0n) is 23.1. The van der Waals surface area contributed by atoms with Gasteiger partial charge in [-0.2, -0.15) is 4.98 Å². The van der Waals surface area contributed by atoms with Gasteiger partial charge in [0.2, 0.25) is 16.0 Å². The highest BCUT2D eigenvalue weighted by Gasteiger charge is 2.28. The van der Waals surface area contributed by atoms with Crippen molar-refractivity contribution in [3.05, 3.63) is 36.0 Å². The van der Waals surface area contributed by atoms with E-state index < -0.39 is 34.2 Å². The van der Waals surface area contributed by atoms with Gasteiger partial charge in [0.25, 0.3) is 0 Å². The number of benzene rings is 1. The smallest absolute Gasteiger partial charge is 0.415 e. The molecule has 12 nitrogen and oxygen atoms in total. The Kier molecular flexibility index (Phi) is 9.95. The van der Waals surface area contributed by atoms with Gasteiger partial charge in [-0.25, -0.2) is 23.0 Å². The summed E-state index contributed by atoms with van der Waals surface area (Å²) >= 11 is 0. The van der Waals surface area contributed by atoms with Crippen LogP contribution < -0.4 is 19.3 Å². The summed E-state index contributed by atoms with van der Waals surface area (Å²) in [5, 5.41) is 13.0. The Morgan fingerprint density at radius 2 is 1.74 bits per heavy atom. The van der Waals surface area contributed by atoms with Crippen molar-refractivity contribution in [2.75, 3.05) is 47.0 Å². The third-order valence-electron chi connectivity index (χ3n) is 6.41. The minimum absolute atomic E-state index is 0.0697. The average Bonchev–Trinajstić information content (AvgIpc) is 3.41. The van der Waals surface area contributed by atoms with E-state index in [4.69, 9.17) is 4.74 Å². The van der Waals surface area contributed by atoms with Crippen LogP contribution in [-0.2, 0) is 21.2 Å². The number of likely N-dealkylation sites (tertiary alicyclic amines) is 1. The van der Waals surface area contributed by atoms with E-state index in [0.29, 0.717) is 43.4 Å². The van der Waals surface area contributed by atoms with E-state index in [2.05, 4.69) is 15.3 Å². The van der Waals surface area contributed by atoms with Crippen molar-refractivity contribution in [2.45, 2.75) is 59.0 Å². The van der Waals surface area contributed by atoms with Gasteiger partial charge in [0.1, 0.15) is 17.5 Å². The maximum Gasteiger partial charge on any atom is 0.415 e. The van der Waals surface area contributed by atoms with E-state index in [9.17, 15) is 23.1 Å². The molecule has 2 N–H and O–H groups in total. The SMILES string of the molecule is CCN(CC)c1ncc(N(C(C)C)S(C)(=O)=O)c(NC(Cc2ccc(OC(=O)N3CCCC3)cc2)C(=O)O)n1. The molecule has 0 bridgehead atoms. The number of amides is 1. The Balaban J connectivity index is 1.88. The predicted octanol–water partition coefficient (Wildman–Crippen LogP) is 3.20. The van der Waals surface area contributed by atoms with Crippen LogP contribution in [0.3, 0.4) is 0 Å². The molecule has 1 aromatic carbocycles. The minimum Gasteiger partial charge on any atom is -0.480 e. The van der Waals surface area contributed by atoms with Gasteiger partial charge in [-0.3, -0.25) is 4.31 Å². The van der Waals surface area contributed by atoms with Crippen LogP contribution in [0.5, 0.6) is 5.75 Å². The molecule has 1 aliphatic rings. The molecule has 1 atom stereocenters. The zero-order chi connectivity index (χ0) is 28.7. The number of aliphatic carboxylic acids is 1. The summed E-state index contributed by atoms with van der Waals surface area (Å²) in [6.45, 7) is 9.91. The van der Waals surface area contributed by atoms with Crippen LogP contribution in [0.4, 0.5) is 22.2 Å². The predicted molar refractivity (Wildman–Crippen MR) is 150 cm³/mol. The van der Waals surface area contributed by atoms with E-state index in [0.717, 1.165) is 19.1 Å². The molecule has 214 valence electrons. The van der Waals surface area contributed by atoms with Crippen LogP contribution in [0, 0.1) is 0 Å². The molecule has 1 unspecified atom stereocenters. The fourth-order valence-electron chi connectivity index (χ4n) is 4.49. The van der Waals surface area contributed by atoms with Gasteiger partial charge in [0.15, 0.2) is 5.82 Å². The number of carbonyl (C=O) groups excluding carboxylic acids is 1. The van der Waals surface area contributed by atoms with Gasteiger partial charge in [-0.1, -0.05) is 12.1 Å². The summed E-state index contributed by atoms with van der Waals surface area (Å²) in [7, 11) is -3.71. The Morgan fingerprint density at radius 1 is 1.13 bits per heavy atom. The van der Waals surface area contributed by atoms with Crippen LogP contribution in [0.15, 0.2) is 30.5 Å². The lowest BCUT2D eigenvalue weighted by atomic mass is 10.1. The van der Waals surface area contributed by atoms with E-state index in [1.807, 2.05) is 18.7 Å². The summed E-state index contributed by atoms with van der Waals surface area (Å²) in [6.07, 6.45) is 4.09. The van der Waals surface area contributed by atoms with Crippen LogP contribution in [-0.4, -0.2) is 85.0 Å². The number of carbonyl (C=O) groups is 2. The van der Waals surface area contributed by atoms with E-state index in [1.165, 1.54) is 10.5 Å². The molecule has 0 aliphatic carbocycles. The first-order valence-electron chi connectivity index (χ1n) is 13.1. The summed E-state index contributed by atoms with van der Waals surface area (Å²) in [5.74, 6) is -0.298. The largest absolute Gasteiger partial charge is 0.480 e. The molecule has 1 fully saturated rings. The van der Waals surface area contributed by atoms with Crippen molar-refractivity contribution in [3.8, 4) is 5.75 Å². The lowest BCUT2D eigenvalue weighted by Crippen LogP contribution is -2.39. The number of rotatable bonds is 12. The third kappa shape index (κ3) is 7.71. The lowest BCUT2D eigenvalue weighted by Gasteiger charge is -2.29. The van der Waals surface area contributed by atoms with Gasteiger partial charge in [0.05, 0.1) is 12.5 Å². The molecule has 0 saturated carbocycles. The molecule has 1 aromatic heterocycles. The molecule has 1 saturated heterocycles. The summed E-state index contributed by atoms with van der Waals surface area (Å²) < 4.78 is 31.9. The summed E-state index contributed by atoms with van der Waals surface area (Å²) in [6, 6.07) is 5.06. The van der Waals surface area contributed by atoms with Gasteiger partial charge >= 0.3 is 12.1 Å². The van der Waals surface area contributed by atoms with Gasteiger partial charge in [-0.05, 0) is 58.2 Å². The molecule has 0 spiro atoms. The monoisotopic (exact) mass is 562 g/mol. The van der Waals surface area contributed by atoms with Gasteiger partial charge in [-0.15, -0.1) is 0 Å². The summed E-state index contributed by atoms with van der Waals surface area (Å²) in [4.78, 5) is 37.0. The molecule has 3 rings (SSSR count). The molecule has 2 aromatic rings. The number of nitrogens with zero attached hydrogens (tertiary/aromatic N) is 5. The molecule has 39 heavy (non-hydrogen) atoms. The van der Waals surface area contributed by atoms with Crippen molar-refractivity contribution in [1.29, 1.82) is 0 Å². The van der Waals surface area contributed by atoms with Crippen molar-refractivity contribution >= 4 is 39.5 Å². The topological polar surface area (TPSA) is 145 Å². The summed E-state index contributed by atoms with van der Waals surface area (Å²) in [5.41, 5.74) is 0.845. The van der Waals surface area contributed by atoms with E-state index in [1.54, 1.807) is 43.0 Å². The standard InChI is InChI=1S/C26H38N6O6S/c1-6-30(7-2)25-27-17-22(32(18(3)4)39(5,36)37)23(29-25)28-21(24(33)34)16-19-10-12-20(13-11-19)38-26(35)31-14-8-9-15-31/h10-13,17-18,21H,6-9,14-16H2,1-5H3,(H,33,34)(H,27,28,29). The Bertz CT molecular complexity index is 1240. The lowest BCUT2D eigenvalue weighted by molar-refractivity contribution is -0.137. The number of sulfonamides is 1. The minimum atomic E-state index is -3.71. The second-order valence-electron chi connectivity index (χ2n) is 9.67. The van der Waals surface area contributed by atoms with Gasteiger partial charge < -0.3 is 25.0 Å². The normalized spacial score (nSPS) is 14.3. The van der Waals surface area contributed by atoms with Crippen molar-refractivity contribution in [3.63, 3.8) is 0 Å². The highest BCUT2D eigenvalue weighted by Crippen LogP contribution is 2.30. The molecular formula is C26H38N6O6S. The van der Waals surface area contributed by atoms with E-state index in [-0.39, 0.29) is 17.9 Å². The van der Waals surface area contributed by atoms with E-state index >= 15 is 0 Å². The number of anilines is 3. The number of hydrogen-bond donors (Lipinski definition) is 2. The van der Waals surface area contributed by atoms with Crippen molar-refractivity contribution in [2.24, 2.45) is 0 Å². The number of aromatic nitrogens is 2. The van der Waals surface area contributed by atoms with Crippen LogP contribution in [0.2, 0.25) is 0 Å². The Labute approximate surface area is 230 Å². The molecule has 13 heteroatoms. The molecule has 1 aliphatic heterocycles. The number of carboxylic acids is 1.